The standard InChI is InChI=1S/C11H17NOS/c1-9-4-6-14-11(9)8-12-5-2-3-10(13)7-12/h4,6,10,13H,2-3,5,7-8H2,1H3. The molecular weight excluding hydrogens is 194 g/mol. The summed E-state index contributed by atoms with van der Waals surface area (Å²) in [6.07, 6.45) is 2.00. The van der Waals surface area contributed by atoms with Crippen LogP contribution >= 0.6 is 11.3 Å². The van der Waals surface area contributed by atoms with Gasteiger partial charge >= 0.3 is 0 Å². The van der Waals surface area contributed by atoms with E-state index >= 15 is 0 Å². The largest absolute Gasteiger partial charge is 0.392 e. The van der Waals surface area contributed by atoms with Gasteiger partial charge in [-0.2, -0.15) is 0 Å². The minimum atomic E-state index is -0.107. The lowest BCUT2D eigenvalue weighted by Crippen LogP contribution is -2.37. The molecule has 1 aromatic heterocycles. The van der Waals surface area contributed by atoms with Crippen molar-refractivity contribution in [3.8, 4) is 0 Å². The van der Waals surface area contributed by atoms with Gasteiger partial charge in [0.05, 0.1) is 6.10 Å². The SMILES string of the molecule is Cc1ccsc1CN1CCCC(O)C1. The molecule has 3 heteroatoms. The quantitative estimate of drug-likeness (QED) is 0.809. The second-order valence-corrected chi connectivity index (χ2v) is 5.06. The molecule has 1 fully saturated rings. The van der Waals surface area contributed by atoms with Crippen LogP contribution in [0.25, 0.3) is 0 Å². The lowest BCUT2D eigenvalue weighted by atomic mass is 10.1. The molecule has 0 aromatic carbocycles. The number of aryl methyl sites for hydroxylation is 1. The molecule has 0 saturated carbocycles. The van der Waals surface area contributed by atoms with Crippen molar-refractivity contribution in [3.63, 3.8) is 0 Å². The van der Waals surface area contributed by atoms with E-state index in [4.69, 9.17) is 0 Å². The normalized spacial score (nSPS) is 24.0. The average Bonchev–Trinajstić information content (AvgIpc) is 2.52. The summed E-state index contributed by atoms with van der Waals surface area (Å²) < 4.78 is 0. The molecule has 1 atom stereocenters. The third-order valence-electron chi connectivity index (χ3n) is 2.82. The molecule has 0 radical (unpaired) electrons. The number of hydrogen-bond acceptors (Lipinski definition) is 3. The Morgan fingerprint density at radius 1 is 1.64 bits per heavy atom. The predicted octanol–water partition coefficient (Wildman–Crippen LogP) is 2.01. The van der Waals surface area contributed by atoms with E-state index in [2.05, 4.69) is 23.3 Å². The first-order valence-corrected chi connectivity index (χ1v) is 6.07. The van der Waals surface area contributed by atoms with Crippen LogP contribution in [0.15, 0.2) is 11.4 Å². The molecule has 14 heavy (non-hydrogen) atoms. The van der Waals surface area contributed by atoms with E-state index in [9.17, 15) is 5.11 Å². The lowest BCUT2D eigenvalue weighted by molar-refractivity contribution is 0.0673. The fourth-order valence-corrected chi connectivity index (χ4v) is 2.89. The molecule has 1 aliphatic rings. The molecular formula is C11H17NOS. The number of thiophene rings is 1. The fraction of sp³-hybridized carbons (Fsp3) is 0.636. The third kappa shape index (κ3) is 2.35. The minimum absolute atomic E-state index is 0.107. The van der Waals surface area contributed by atoms with Gasteiger partial charge in [0, 0.05) is 18.0 Å². The van der Waals surface area contributed by atoms with E-state index in [1.165, 1.54) is 10.4 Å². The van der Waals surface area contributed by atoms with Crippen molar-refractivity contribution in [2.45, 2.75) is 32.4 Å². The average molecular weight is 211 g/mol. The number of likely N-dealkylation sites (tertiary alicyclic amines) is 1. The monoisotopic (exact) mass is 211 g/mol. The molecule has 1 aliphatic heterocycles. The van der Waals surface area contributed by atoms with E-state index in [1.54, 1.807) is 0 Å². The number of aliphatic hydroxyl groups is 1. The van der Waals surface area contributed by atoms with Crippen LogP contribution in [0.2, 0.25) is 0 Å². The Hall–Kier alpha value is -0.380. The summed E-state index contributed by atoms with van der Waals surface area (Å²) in [7, 11) is 0. The zero-order chi connectivity index (χ0) is 9.97. The second kappa shape index (κ2) is 4.43. The number of nitrogens with zero attached hydrogens (tertiary/aromatic N) is 1. The zero-order valence-electron chi connectivity index (χ0n) is 8.57. The van der Waals surface area contributed by atoms with Crippen molar-refractivity contribution in [1.82, 2.24) is 4.90 Å². The highest BCUT2D eigenvalue weighted by Gasteiger charge is 2.18. The van der Waals surface area contributed by atoms with Crippen molar-refractivity contribution in [1.29, 1.82) is 0 Å². The molecule has 1 N–H and O–H groups in total. The Kier molecular flexibility index (Phi) is 3.21. The summed E-state index contributed by atoms with van der Waals surface area (Å²) in [5, 5.41) is 11.7. The predicted molar refractivity (Wildman–Crippen MR) is 59.6 cm³/mol. The third-order valence-corrected chi connectivity index (χ3v) is 3.82. The smallest absolute Gasteiger partial charge is 0.0667 e. The van der Waals surface area contributed by atoms with Gasteiger partial charge in [-0.1, -0.05) is 0 Å². The van der Waals surface area contributed by atoms with Crippen LogP contribution in [0.1, 0.15) is 23.3 Å². The Morgan fingerprint density at radius 2 is 2.50 bits per heavy atom. The molecule has 1 aromatic rings. The summed E-state index contributed by atoms with van der Waals surface area (Å²) in [6.45, 7) is 5.15. The maximum atomic E-state index is 9.54. The first-order valence-electron chi connectivity index (χ1n) is 5.19. The maximum Gasteiger partial charge on any atom is 0.0667 e. The van der Waals surface area contributed by atoms with Gasteiger partial charge in [0.1, 0.15) is 0 Å². The van der Waals surface area contributed by atoms with Gasteiger partial charge in [0.2, 0.25) is 0 Å². The number of piperidine rings is 1. The molecule has 2 rings (SSSR count). The van der Waals surface area contributed by atoms with Gasteiger partial charge in [0.15, 0.2) is 0 Å². The highest BCUT2D eigenvalue weighted by molar-refractivity contribution is 7.10. The number of rotatable bonds is 2. The van der Waals surface area contributed by atoms with E-state index < -0.39 is 0 Å². The molecule has 0 bridgehead atoms. The van der Waals surface area contributed by atoms with Crippen LogP contribution < -0.4 is 0 Å². The highest BCUT2D eigenvalue weighted by atomic mass is 32.1. The van der Waals surface area contributed by atoms with Crippen LogP contribution in [0.4, 0.5) is 0 Å². The van der Waals surface area contributed by atoms with Crippen molar-refractivity contribution >= 4 is 11.3 Å². The second-order valence-electron chi connectivity index (χ2n) is 4.06. The van der Waals surface area contributed by atoms with Crippen molar-refractivity contribution < 1.29 is 5.11 Å². The summed E-state index contributed by atoms with van der Waals surface area (Å²) in [4.78, 5) is 3.80. The number of hydrogen-bond donors (Lipinski definition) is 1. The van der Waals surface area contributed by atoms with Gasteiger partial charge < -0.3 is 5.11 Å². The van der Waals surface area contributed by atoms with Crippen molar-refractivity contribution in [3.05, 3.63) is 21.9 Å². The Balaban J connectivity index is 1.94. The van der Waals surface area contributed by atoms with Crippen LogP contribution in [0, 0.1) is 6.92 Å². The molecule has 1 unspecified atom stereocenters. The maximum absolute atomic E-state index is 9.54. The minimum Gasteiger partial charge on any atom is -0.392 e. The Labute approximate surface area is 89.2 Å². The van der Waals surface area contributed by atoms with Gasteiger partial charge in [-0.05, 0) is 43.3 Å². The first kappa shape index (κ1) is 10.1. The van der Waals surface area contributed by atoms with E-state index in [1.807, 2.05) is 11.3 Å². The molecule has 0 spiro atoms. The van der Waals surface area contributed by atoms with Crippen LogP contribution in [0.3, 0.4) is 0 Å². The van der Waals surface area contributed by atoms with E-state index in [0.29, 0.717) is 0 Å². The fourth-order valence-electron chi connectivity index (χ4n) is 1.94. The summed E-state index contributed by atoms with van der Waals surface area (Å²) in [5.41, 5.74) is 1.38. The molecule has 78 valence electrons. The van der Waals surface area contributed by atoms with Gasteiger partial charge in [-0.15, -0.1) is 11.3 Å². The number of β-amino-alcohol motifs (C(OH)–C–C–N with tert-alkyl or cyclic N) is 1. The summed E-state index contributed by atoms with van der Waals surface area (Å²) in [5.74, 6) is 0. The molecule has 2 heterocycles. The molecule has 1 saturated heterocycles. The Morgan fingerprint density at radius 3 is 3.14 bits per heavy atom. The summed E-state index contributed by atoms with van der Waals surface area (Å²) >= 11 is 1.82. The van der Waals surface area contributed by atoms with Gasteiger partial charge in [-0.25, -0.2) is 0 Å². The van der Waals surface area contributed by atoms with Crippen LogP contribution in [-0.2, 0) is 6.54 Å². The zero-order valence-corrected chi connectivity index (χ0v) is 9.39. The van der Waals surface area contributed by atoms with Gasteiger partial charge in [0.25, 0.3) is 0 Å². The van der Waals surface area contributed by atoms with Crippen LogP contribution in [0.5, 0.6) is 0 Å². The van der Waals surface area contributed by atoms with Crippen molar-refractivity contribution in [2.75, 3.05) is 13.1 Å². The topological polar surface area (TPSA) is 23.5 Å². The number of aliphatic hydroxyl groups excluding tert-OH is 1. The lowest BCUT2D eigenvalue weighted by Gasteiger charge is -2.29. The Bertz CT molecular complexity index is 297. The molecule has 0 aliphatic carbocycles. The van der Waals surface area contributed by atoms with Crippen molar-refractivity contribution in [2.24, 2.45) is 0 Å². The molecule has 2 nitrogen and oxygen atoms in total. The highest BCUT2D eigenvalue weighted by Crippen LogP contribution is 2.20. The first-order chi connectivity index (χ1) is 6.75. The van der Waals surface area contributed by atoms with E-state index in [0.717, 1.165) is 32.5 Å². The molecule has 0 amide bonds. The van der Waals surface area contributed by atoms with Gasteiger partial charge in [-0.3, -0.25) is 4.90 Å². The summed E-state index contributed by atoms with van der Waals surface area (Å²) in [6, 6.07) is 2.17. The van der Waals surface area contributed by atoms with Crippen LogP contribution in [-0.4, -0.2) is 29.2 Å². The van der Waals surface area contributed by atoms with E-state index in [-0.39, 0.29) is 6.10 Å².